The summed E-state index contributed by atoms with van der Waals surface area (Å²) in [7, 11) is 1.57. The van der Waals surface area contributed by atoms with Crippen molar-refractivity contribution in [2.24, 2.45) is 0 Å². The topological polar surface area (TPSA) is 63.2 Å². The van der Waals surface area contributed by atoms with Gasteiger partial charge in [-0.05, 0) is 30.3 Å². The Bertz CT molecular complexity index is 736. The number of amides is 1. The molecule has 25 heavy (non-hydrogen) atoms. The quantitative estimate of drug-likeness (QED) is 0.749. The van der Waals surface area contributed by atoms with Crippen LogP contribution in [0.25, 0.3) is 0 Å². The second kappa shape index (κ2) is 8.17. The minimum atomic E-state index is -4.64. The highest BCUT2D eigenvalue weighted by atomic mass is 35.5. The fourth-order valence-electron chi connectivity index (χ4n) is 1.98. The molecule has 1 amide bonds. The average molecular weight is 374 g/mol. The molecule has 1 aromatic carbocycles. The molecule has 1 aromatic heterocycles. The molecule has 0 fully saturated rings. The Morgan fingerprint density at radius 1 is 1.28 bits per heavy atom. The maximum Gasteiger partial charge on any atom is 0.418 e. The zero-order chi connectivity index (χ0) is 18.4. The van der Waals surface area contributed by atoms with Crippen molar-refractivity contribution in [1.29, 1.82) is 0 Å². The molecular weight excluding hydrogens is 359 g/mol. The Morgan fingerprint density at radius 3 is 2.64 bits per heavy atom. The summed E-state index contributed by atoms with van der Waals surface area (Å²) < 4.78 is 44.0. The van der Waals surface area contributed by atoms with Gasteiger partial charge < -0.3 is 15.4 Å². The Morgan fingerprint density at radius 2 is 2.04 bits per heavy atom. The van der Waals surface area contributed by atoms with E-state index in [1.807, 2.05) is 0 Å². The largest absolute Gasteiger partial charge is 0.418 e. The summed E-state index contributed by atoms with van der Waals surface area (Å²) in [6.45, 7) is 1.06. The average Bonchev–Trinajstić information content (AvgIpc) is 2.56. The summed E-state index contributed by atoms with van der Waals surface area (Å²) in [4.78, 5) is 16.1. The van der Waals surface area contributed by atoms with Crippen LogP contribution in [0.1, 0.15) is 16.1 Å². The summed E-state index contributed by atoms with van der Waals surface area (Å²) in [5, 5.41) is 5.15. The van der Waals surface area contributed by atoms with Crippen LogP contribution in [-0.4, -0.2) is 31.2 Å². The van der Waals surface area contributed by atoms with Crippen LogP contribution in [0.2, 0.25) is 5.02 Å². The number of halogens is 4. The molecule has 5 nitrogen and oxygen atoms in total. The van der Waals surface area contributed by atoms with E-state index in [0.29, 0.717) is 18.8 Å². The molecular formula is C16H15ClF3N3O2. The fourth-order valence-corrected chi connectivity index (χ4v) is 2.15. The van der Waals surface area contributed by atoms with Gasteiger partial charge in [0.05, 0.1) is 29.7 Å². The molecule has 0 bridgehead atoms. The predicted octanol–water partition coefficient (Wildman–Crippen LogP) is 4.06. The first-order valence-electron chi connectivity index (χ1n) is 7.18. The van der Waals surface area contributed by atoms with E-state index in [2.05, 4.69) is 15.6 Å². The molecule has 0 saturated carbocycles. The number of pyridine rings is 1. The number of carbonyl (C=O) groups excluding carboxylic acids is 1. The van der Waals surface area contributed by atoms with Crippen LogP contribution in [0.5, 0.6) is 0 Å². The first-order chi connectivity index (χ1) is 11.8. The maximum atomic E-state index is 13.0. The van der Waals surface area contributed by atoms with E-state index in [9.17, 15) is 18.0 Å². The molecule has 0 aliphatic rings. The molecule has 0 radical (unpaired) electrons. The lowest BCUT2D eigenvalue weighted by Gasteiger charge is -2.14. The van der Waals surface area contributed by atoms with Gasteiger partial charge in [0.2, 0.25) is 0 Å². The zero-order valence-electron chi connectivity index (χ0n) is 13.2. The number of hydrogen-bond acceptors (Lipinski definition) is 4. The Kier molecular flexibility index (Phi) is 6.22. The van der Waals surface area contributed by atoms with E-state index in [1.165, 1.54) is 18.3 Å². The van der Waals surface area contributed by atoms with Gasteiger partial charge in [0.1, 0.15) is 5.69 Å². The number of hydrogen-bond donors (Lipinski definition) is 2. The first kappa shape index (κ1) is 19.0. The molecule has 0 aliphatic carbocycles. The highest BCUT2D eigenvalue weighted by Gasteiger charge is 2.34. The second-order valence-electron chi connectivity index (χ2n) is 4.99. The van der Waals surface area contributed by atoms with Gasteiger partial charge in [-0.3, -0.25) is 4.79 Å². The molecule has 0 atom stereocenters. The van der Waals surface area contributed by atoms with E-state index >= 15 is 0 Å². The van der Waals surface area contributed by atoms with E-state index in [0.717, 1.165) is 12.1 Å². The SMILES string of the molecule is COCCNc1ccc(C(=O)Nc2ccc(Cl)cc2C(F)(F)F)nc1. The highest BCUT2D eigenvalue weighted by molar-refractivity contribution is 6.30. The van der Waals surface area contributed by atoms with Crippen LogP contribution in [0.15, 0.2) is 36.5 Å². The molecule has 2 N–H and O–H groups in total. The van der Waals surface area contributed by atoms with Gasteiger partial charge in [-0.25, -0.2) is 4.98 Å². The Hall–Kier alpha value is -2.32. The van der Waals surface area contributed by atoms with Crippen molar-refractivity contribution < 1.29 is 22.7 Å². The van der Waals surface area contributed by atoms with Crippen molar-refractivity contribution in [1.82, 2.24) is 4.98 Å². The number of benzene rings is 1. The normalized spacial score (nSPS) is 11.2. The van der Waals surface area contributed by atoms with Gasteiger partial charge in [-0.2, -0.15) is 13.2 Å². The lowest BCUT2D eigenvalue weighted by molar-refractivity contribution is -0.136. The molecule has 134 valence electrons. The molecule has 0 unspecified atom stereocenters. The number of carbonyl (C=O) groups is 1. The summed E-state index contributed by atoms with van der Waals surface area (Å²) in [5.41, 5.74) is -0.756. The summed E-state index contributed by atoms with van der Waals surface area (Å²) >= 11 is 5.61. The van der Waals surface area contributed by atoms with Gasteiger partial charge in [-0.15, -0.1) is 0 Å². The maximum absolute atomic E-state index is 13.0. The van der Waals surface area contributed by atoms with Crippen LogP contribution >= 0.6 is 11.6 Å². The van der Waals surface area contributed by atoms with E-state index in [-0.39, 0.29) is 16.4 Å². The van der Waals surface area contributed by atoms with Crippen LogP contribution < -0.4 is 10.6 Å². The van der Waals surface area contributed by atoms with E-state index in [1.54, 1.807) is 13.2 Å². The van der Waals surface area contributed by atoms with Gasteiger partial charge in [0.25, 0.3) is 5.91 Å². The monoisotopic (exact) mass is 373 g/mol. The van der Waals surface area contributed by atoms with Gasteiger partial charge in [0, 0.05) is 18.7 Å². The number of anilines is 2. The number of ether oxygens (including phenoxy) is 1. The number of aromatic nitrogens is 1. The second-order valence-corrected chi connectivity index (χ2v) is 5.43. The lowest BCUT2D eigenvalue weighted by Crippen LogP contribution is -2.18. The molecule has 1 heterocycles. The van der Waals surface area contributed by atoms with Crippen molar-refractivity contribution >= 4 is 28.9 Å². The van der Waals surface area contributed by atoms with Gasteiger partial charge >= 0.3 is 6.18 Å². The number of rotatable bonds is 6. The smallest absolute Gasteiger partial charge is 0.383 e. The first-order valence-corrected chi connectivity index (χ1v) is 7.56. The van der Waals surface area contributed by atoms with Crippen molar-refractivity contribution in [2.75, 3.05) is 30.9 Å². The van der Waals surface area contributed by atoms with Crippen molar-refractivity contribution in [3.63, 3.8) is 0 Å². The third-order valence-corrected chi connectivity index (χ3v) is 3.40. The Labute approximate surface area is 147 Å². The molecule has 2 aromatic rings. The van der Waals surface area contributed by atoms with Crippen molar-refractivity contribution in [3.8, 4) is 0 Å². The number of methoxy groups -OCH3 is 1. The summed E-state index contributed by atoms with van der Waals surface area (Å²) in [6, 6.07) is 6.14. The fraction of sp³-hybridized carbons (Fsp3) is 0.250. The summed E-state index contributed by atoms with van der Waals surface area (Å²) in [6.07, 6.45) is -3.23. The van der Waals surface area contributed by atoms with Gasteiger partial charge in [-0.1, -0.05) is 11.6 Å². The molecule has 9 heteroatoms. The minimum absolute atomic E-state index is 0.0135. The molecule has 0 aliphatic heterocycles. The van der Waals surface area contributed by atoms with Crippen molar-refractivity contribution in [2.45, 2.75) is 6.18 Å². The zero-order valence-corrected chi connectivity index (χ0v) is 13.9. The van der Waals surface area contributed by atoms with Crippen LogP contribution in [-0.2, 0) is 10.9 Å². The van der Waals surface area contributed by atoms with Crippen LogP contribution in [0.4, 0.5) is 24.5 Å². The number of nitrogens with zero attached hydrogens (tertiary/aromatic N) is 1. The Balaban J connectivity index is 2.12. The molecule has 0 saturated heterocycles. The third kappa shape index (κ3) is 5.33. The minimum Gasteiger partial charge on any atom is -0.383 e. The van der Waals surface area contributed by atoms with E-state index in [4.69, 9.17) is 16.3 Å². The number of nitrogens with one attached hydrogen (secondary N) is 2. The van der Waals surface area contributed by atoms with Crippen LogP contribution in [0.3, 0.4) is 0 Å². The lowest BCUT2D eigenvalue weighted by atomic mass is 10.1. The summed E-state index contributed by atoms with van der Waals surface area (Å²) in [5.74, 6) is -0.753. The highest BCUT2D eigenvalue weighted by Crippen LogP contribution is 2.36. The van der Waals surface area contributed by atoms with Crippen molar-refractivity contribution in [3.05, 3.63) is 52.8 Å². The van der Waals surface area contributed by atoms with Gasteiger partial charge in [0.15, 0.2) is 0 Å². The van der Waals surface area contributed by atoms with Crippen LogP contribution in [0, 0.1) is 0 Å². The predicted molar refractivity (Wildman–Crippen MR) is 89.0 cm³/mol. The molecule has 2 rings (SSSR count). The number of alkyl halides is 3. The van der Waals surface area contributed by atoms with E-state index < -0.39 is 17.6 Å². The molecule has 0 spiro atoms. The standard InChI is InChI=1S/C16H15ClF3N3O2/c1-25-7-6-21-11-3-5-14(22-9-11)15(24)23-13-4-2-10(17)8-12(13)16(18,19)20/h2-5,8-9,21H,6-7H2,1H3,(H,23,24). The third-order valence-electron chi connectivity index (χ3n) is 3.17.